The maximum Gasteiger partial charge on any atom is 0.227 e. The van der Waals surface area contributed by atoms with E-state index in [1.54, 1.807) is 25.3 Å². The third kappa shape index (κ3) is 3.62. The van der Waals surface area contributed by atoms with Crippen LogP contribution in [0.4, 0.5) is 5.69 Å². The highest BCUT2D eigenvalue weighted by Gasteiger charge is 2.26. The molecular weight excluding hydrogens is 285 g/mol. The van der Waals surface area contributed by atoms with Crippen LogP contribution in [0.15, 0.2) is 18.2 Å². The number of nitrogens with one attached hydrogen (secondary N) is 1. The molecule has 1 saturated carbocycles. The standard InChI is InChI=1S/C14H17Cl2NO2/c1-19-10-7-5-9(6-8-10)14(18)17-12-4-2-3-11(15)13(12)16/h2-4,9-10H,5-8H2,1H3,(H,17,18). The second kappa shape index (κ2) is 6.60. The van der Waals surface area contributed by atoms with Crippen LogP contribution >= 0.6 is 23.2 Å². The minimum Gasteiger partial charge on any atom is -0.381 e. The molecule has 0 aliphatic heterocycles. The number of hydrogen-bond acceptors (Lipinski definition) is 2. The third-order valence-electron chi connectivity index (χ3n) is 3.59. The van der Waals surface area contributed by atoms with Crippen LogP contribution in [0, 0.1) is 5.92 Å². The monoisotopic (exact) mass is 301 g/mol. The van der Waals surface area contributed by atoms with Crippen molar-refractivity contribution in [2.75, 3.05) is 12.4 Å². The lowest BCUT2D eigenvalue weighted by atomic mass is 9.87. The molecule has 0 aromatic heterocycles. The average molecular weight is 302 g/mol. The van der Waals surface area contributed by atoms with Gasteiger partial charge in [-0.1, -0.05) is 29.3 Å². The summed E-state index contributed by atoms with van der Waals surface area (Å²) in [5.74, 6) is 0.0418. The van der Waals surface area contributed by atoms with Crippen molar-refractivity contribution in [3.05, 3.63) is 28.2 Å². The van der Waals surface area contributed by atoms with Crippen molar-refractivity contribution in [1.29, 1.82) is 0 Å². The van der Waals surface area contributed by atoms with Gasteiger partial charge in [-0.05, 0) is 37.8 Å². The molecule has 1 aliphatic carbocycles. The van der Waals surface area contributed by atoms with E-state index in [1.165, 1.54) is 0 Å². The summed E-state index contributed by atoms with van der Waals surface area (Å²) in [7, 11) is 1.72. The summed E-state index contributed by atoms with van der Waals surface area (Å²) < 4.78 is 5.30. The number of methoxy groups -OCH3 is 1. The highest BCUT2D eigenvalue weighted by atomic mass is 35.5. The van der Waals surface area contributed by atoms with Gasteiger partial charge < -0.3 is 10.1 Å². The fraction of sp³-hybridized carbons (Fsp3) is 0.500. The van der Waals surface area contributed by atoms with E-state index >= 15 is 0 Å². The van der Waals surface area contributed by atoms with E-state index in [2.05, 4.69) is 5.32 Å². The van der Waals surface area contributed by atoms with Gasteiger partial charge in [-0.25, -0.2) is 0 Å². The number of ether oxygens (including phenoxy) is 1. The molecule has 104 valence electrons. The number of anilines is 1. The summed E-state index contributed by atoms with van der Waals surface area (Å²) in [6.07, 6.45) is 3.85. The van der Waals surface area contributed by atoms with E-state index < -0.39 is 0 Å². The lowest BCUT2D eigenvalue weighted by Gasteiger charge is -2.26. The van der Waals surface area contributed by atoms with Gasteiger partial charge in [0.05, 0.1) is 21.8 Å². The second-order valence-corrected chi connectivity index (χ2v) is 5.59. The molecule has 0 bridgehead atoms. The first-order valence-electron chi connectivity index (χ1n) is 6.39. The van der Waals surface area contributed by atoms with Crippen molar-refractivity contribution in [2.24, 2.45) is 5.92 Å². The van der Waals surface area contributed by atoms with Crippen molar-refractivity contribution in [1.82, 2.24) is 0 Å². The minimum absolute atomic E-state index is 0.0127. The number of amides is 1. The molecule has 19 heavy (non-hydrogen) atoms. The molecule has 1 aromatic carbocycles. The number of hydrogen-bond donors (Lipinski definition) is 1. The predicted octanol–water partition coefficient (Wildman–Crippen LogP) is 4.14. The van der Waals surface area contributed by atoms with Gasteiger partial charge in [0.25, 0.3) is 0 Å². The molecule has 1 amide bonds. The fourth-order valence-corrected chi connectivity index (χ4v) is 2.74. The Morgan fingerprint density at radius 3 is 2.58 bits per heavy atom. The summed E-state index contributed by atoms with van der Waals surface area (Å²) in [5.41, 5.74) is 0.577. The van der Waals surface area contributed by atoms with Crippen molar-refractivity contribution in [2.45, 2.75) is 31.8 Å². The molecule has 3 nitrogen and oxygen atoms in total. The normalized spacial score (nSPS) is 23.1. The third-order valence-corrected chi connectivity index (χ3v) is 4.41. The van der Waals surface area contributed by atoms with Crippen LogP contribution < -0.4 is 5.32 Å². The molecule has 1 fully saturated rings. The molecular formula is C14H17Cl2NO2. The van der Waals surface area contributed by atoms with Gasteiger partial charge in [-0.15, -0.1) is 0 Å². The molecule has 1 aliphatic rings. The molecule has 0 saturated heterocycles. The van der Waals surface area contributed by atoms with Crippen LogP contribution in [0.2, 0.25) is 10.0 Å². The number of halogens is 2. The first-order chi connectivity index (χ1) is 9.11. The molecule has 2 rings (SSSR count). The highest BCUT2D eigenvalue weighted by Crippen LogP contribution is 2.31. The summed E-state index contributed by atoms with van der Waals surface area (Å²) >= 11 is 12.0. The number of carbonyl (C=O) groups excluding carboxylic acids is 1. The quantitative estimate of drug-likeness (QED) is 0.911. The Balaban J connectivity index is 1.96. The van der Waals surface area contributed by atoms with E-state index in [4.69, 9.17) is 27.9 Å². The van der Waals surface area contributed by atoms with Gasteiger partial charge >= 0.3 is 0 Å². The van der Waals surface area contributed by atoms with Crippen LogP contribution in [0.1, 0.15) is 25.7 Å². The molecule has 0 spiro atoms. The van der Waals surface area contributed by atoms with Crippen molar-refractivity contribution in [3.8, 4) is 0 Å². The highest BCUT2D eigenvalue weighted by molar-refractivity contribution is 6.43. The lowest BCUT2D eigenvalue weighted by molar-refractivity contribution is -0.121. The summed E-state index contributed by atoms with van der Waals surface area (Å²) in [5, 5.41) is 3.70. The summed E-state index contributed by atoms with van der Waals surface area (Å²) in [6, 6.07) is 5.22. The maximum absolute atomic E-state index is 12.2. The SMILES string of the molecule is COC1CCC(C(=O)Nc2cccc(Cl)c2Cl)CC1. The topological polar surface area (TPSA) is 38.3 Å². The largest absolute Gasteiger partial charge is 0.381 e. The summed E-state index contributed by atoms with van der Waals surface area (Å²) in [4.78, 5) is 12.2. The molecule has 0 radical (unpaired) electrons. The fourth-order valence-electron chi connectivity index (χ4n) is 2.40. The number of benzene rings is 1. The van der Waals surface area contributed by atoms with Crippen LogP contribution in [0.3, 0.4) is 0 Å². The van der Waals surface area contributed by atoms with Gasteiger partial charge in [0, 0.05) is 13.0 Å². The van der Waals surface area contributed by atoms with E-state index in [0.29, 0.717) is 21.8 Å². The number of rotatable bonds is 3. The predicted molar refractivity (Wildman–Crippen MR) is 77.8 cm³/mol. The van der Waals surface area contributed by atoms with E-state index in [0.717, 1.165) is 25.7 Å². The second-order valence-electron chi connectivity index (χ2n) is 4.80. The minimum atomic E-state index is 0.0127. The van der Waals surface area contributed by atoms with Gasteiger partial charge in [-0.3, -0.25) is 4.79 Å². The summed E-state index contributed by atoms with van der Waals surface area (Å²) in [6.45, 7) is 0. The van der Waals surface area contributed by atoms with Gasteiger partial charge in [0.15, 0.2) is 0 Å². The van der Waals surface area contributed by atoms with Crippen LogP contribution in [-0.2, 0) is 9.53 Å². The molecule has 0 atom stereocenters. The lowest BCUT2D eigenvalue weighted by Crippen LogP contribution is -2.29. The number of carbonyl (C=O) groups is 1. The Labute approximate surface area is 123 Å². The Kier molecular flexibility index (Phi) is 5.08. The van der Waals surface area contributed by atoms with Crippen molar-refractivity contribution >= 4 is 34.8 Å². The Bertz CT molecular complexity index is 457. The van der Waals surface area contributed by atoms with Crippen molar-refractivity contribution in [3.63, 3.8) is 0 Å². The first kappa shape index (κ1) is 14.6. The Morgan fingerprint density at radius 2 is 1.95 bits per heavy atom. The zero-order valence-corrected chi connectivity index (χ0v) is 12.3. The average Bonchev–Trinajstić information content (AvgIpc) is 2.44. The van der Waals surface area contributed by atoms with Crippen molar-refractivity contribution < 1.29 is 9.53 Å². The Hall–Kier alpha value is -0.770. The molecule has 1 N–H and O–H groups in total. The first-order valence-corrected chi connectivity index (χ1v) is 7.15. The van der Waals surface area contributed by atoms with Crippen LogP contribution in [0.5, 0.6) is 0 Å². The maximum atomic E-state index is 12.2. The molecule has 5 heteroatoms. The Morgan fingerprint density at radius 1 is 1.26 bits per heavy atom. The molecule has 0 heterocycles. The zero-order chi connectivity index (χ0) is 13.8. The zero-order valence-electron chi connectivity index (χ0n) is 10.8. The molecule has 1 aromatic rings. The van der Waals surface area contributed by atoms with Crippen LogP contribution in [-0.4, -0.2) is 19.1 Å². The van der Waals surface area contributed by atoms with Gasteiger partial charge in [0.1, 0.15) is 0 Å². The van der Waals surface area contributed by atoms with Gasteiger partial charge in [-0.2, -0.15) is 0 Å². The molecule has 0 unspecified atom stereocenters. The van der Waals surface area contributed by atoms with Gasteiger partial charge in [0.2, 0.25) is 5.91 Å². The van der Waals surface area contributed by atoms with Crippen LogP contribution in [0.25, 0.3) is 0 Å². The van der Waals surface area contributed by atoms with E-state index in [9.17, 15) is 4.79 Å². The smallest absolute Gasteiger partial charge is 0.227 e. The van der Waals surface area contributed by atoms with E-state index in [1.807, 2.05) is 0 Å². The van der Waals surface area contributed by atoms with E-state index in [-0.39, 0.29) is 11.8 Å².